The first-order chi connectivity index (χ1) is 7.65. The number of benzene rings is 1. The molecule has 84 valence electrons. The number of anilines is 2. The Morgan fingerprint density at radius 1 is 1.25 bits per heavy atom. The van der Waals surface area contributed by atoms with Gasteiger partial charge in [0, 0.05) is 18.4 Å². The third-order valence-corrected chi connectivity index (χ3v) is 2.50. The number of nitrogen functional groups attached to an aromatic ring is 1. The molecule has 1 heterocycles. The van der Waals surface area contributed by atoms with Crippen molar-refractivity contribution < 1.29 is 4.42 Å². The Balaban J connectivity index is 2.11. The zero-order valence-corrected chi connectivity index (χ0v) is 9.60. The van der Waals surface area contributed by atoms with Gasteiger partial charge in [0.2, 0.25) is 0 Å². The Bertz CT molecular complexity index is 476. The summed E-state index contributed by atoms with van der Waals surface area (Å²) < 4.78 is 5.53. The van der Waals surface area contributed by atoms with Crippen molar-refractivity contribution in [1.82, 2.24) is 0 Å². The molecule has 0 fully saturated rings. The van der Waals surface area contributed by atoms with Crippen molar-refractivity contribution in [2.45, 2.75) is 13.5 Å². The predicted molar refractivity (Wildman–Crippen MR) is 66.4 cm³/mol. The number of nitrogens with two attached hydrogens (primary N) is 1. The van der Waals surface area contributed by atoms with E-state index in [0.29, 0.717) is 0 Å². The zero-order valence-electron chi connectivity index (χ0n) is 9.60. The van der Waals surface area contributed by atoms with Gasteiger partial charge in [0.15, 0.2) is 0 Å². The average molecular weight is 216 g/mol. The quantitative estimate of drug-likeness (QED) is 0.802. The molecule has 1 aromatic carbocycles. The van der Waals surface area contributed by atoms with Crippen LogP contribution in [0.1, 0.15) is 11.5 Å². The van der Waals surface area contributed by atoms with Crippen molar-refractivity contribution in [1.29, 1.82) is 0 Å². The van der Waals surface area contributed by atoms with Crippen LogP contribution in [0.4, 0.5) is 11.4 Å². The molecule has 0 aliphatic carbocycles. The van der Waals surface area contributed by atoms with Gasteiger partial charge in [0.05, 0.1) is 6.54 Å². The van der Waals surface area contributed by atoms with Gasteiger partial charge in [-0.3, -0.25) is 0 Å². The maximum Gasteiger partial charge on any atom is 0.123 e. The molecule has 3 nitrogen and oxygen atoms in total. The lowest BCUT2D eigenvalue weighted by Gasteiger charge is -2.18. The van der Waals surface area contributed by atoms with E-state index in [1.807, 2.05) is 50.4 Å². The second-order valence-electron chi connectivity index (χ2n) is 3.96. The molecular weight excluding hydrogens is 200 g/mol. The van der Waals surface area contributed by atoms with Gasteiger partial charge in [-0.2, -0.15) is 0 Å². The SMILES string of the molecule is Cc1ccc(CN(C)c2cccc(N)c2)o1. The second-order valence-corrected chi connectivity index (χ2v) is 3.96. The Morgan fingerprint density at radius 2 is 2.06 bits per heavy atom. The molecule has 0 radical (unpaired) electrons. The topological polar surface area (TPSA) is 42.4 Å². The Hall–Kier alpha value is -1.90. The Labute approximate surface area is 95.5 Å². The van der Waals surface area contributed by atoms with Gasteiger partial charge in [0.1, 0.15) is 11.5 Å². The van der Waals surface area contributed by atoms with Gasteiger partial charge in [-0.1, -0.05) is 6.07 Å². The van der Waals surface area contributed by atoms with Crippen LogP contribution in [0.25, 0.3) is 0 Å². The molecule has 2 N–H and O–H groups in total. The molecule has 0 atom stereocenters. The summed E-state index contributed by atoms with van der Waals surface area (Å²) in [6.45, 7) is 2.70. The van der Waals surface area contributed by atoms with Crippen molar-refractivity contribution in [3.63, 3.8) is 0 Å². The smallest absolute Gasteiger partial charge is 0.123 e. The van der Waals surface area contributed by atoms with E-state index in [0.717, 1.165) is 29.4 Å². The van der Waals surface area contributed by atoms with Crippen LogP contribution in [0, 0.1) is 6.92 Å². The maximum absolute atomic E-state index is 5.74. The fourth-order valence-corrected chi connectivity index (χ4v) is 1.66. The highest BCUT2D eigenvalue weighted by Crippen LogP contribution is 2.18. The minimum Gasteiger partial charge on any atom is -0.464 e. The molecule has 0 aliphatic rings. The molecular formula is C13H16N2O. The molecule has 0 bridgehead atoms. The van der Waals surface area contributed by atoms with Crippen molar-refractivity contribution >= 4 is 11.4 Å². The van der Waals surface area contributed by atoms with Gasteiger partial charge < -0.3 is 15.1 Å². The zero-order chi connectivity index (χ0) is 11.5. The summed E-state index contributed by atoms with van der Waals surface area (Å²) in [5, 5.41) is 0. The fourth-order valence-electron chi connectivity index (χ4n) is 1.66. The highest BCUT2D eigenvalue weighted by molar-refractivity contribution is 5.55. The maximum atomic E-state index is 5.74. The molecule has 0 aliphatic heterocycles. The van der Waals surface area contributed by atoms with E-state index in [4.69, 9.17) is 10.2 Å². The number of rotatable bonds is 3. The molecule has 1 aromatic heterocycles. The molecule has 16 heavy (non-hydrogen) atoms. The van der Waals surface area contributed by atoms with Crippen LogP contribution in [-0.2, 0) is 6.54 Å². The first-order valence-corrected chi connectivity index (χ1v) is 5.27. The van der Waals surface area contributed by atoms with E-state index in [-0.39, 0.29) is 0 Å². The highest BCUT2D eigenvalue weighted by Gasteiger charge is 2.05. The highest BCUT2D eigenvalue weighted by atomic mass is 16.3. The van der Waals surface area contributed by atoms with Gasteiger partial charge >= 0.3 is 0 Å². The number of furan rings is 1. The molecule has 2 aromatic rings. The molecule has 2 rings (SSSR count). The van der Waals surface area contributed by atoms with Crippen LogP contribution in [-0.4, -0.2) is 7.05 Å². The summed E-state index contributed by atoms with van der Waals surface area (Å²) in [7, 11) is 2.02. The number of hydrogen-bond acceptors (Lipinski definition) is 3. The van der Waals surface area contributed by atoms with E-state index in [2.05, 4.69) is 4.90 Å². The minimum absolute atomic E-state index is 0.747. The van der Waals surface area contributed by atoms with Crippen LogP contribution in [0.2, 0.25) is 0 Å². The van der Waals surface area contributed by atoms with Crippen molar-refractivity contribution in [2.24, 2.45) is 0 Å². The van der Waals surface area contributed by atoms with Gasteiger partial charge in [-0.15, -0.1) is 0 Å². The van der Waals surface area contributed by atoms with Crippen molar-refractivity contribution in [3.8, 4) is 0 Å². The summed E-state index contributed by atoms with van der Waals surface area (Å²) >= 11 is 0. The molecule has 3 heteroatoms. The van der Waals surface area contributed by atoms with Gasteiger partial charge in [0.25, 0.3) is 0 Å². The van der Waals surface area contributed by atoms with E-state index in [1.54, 1.807) is 0 Å². The van der Waals surface area contributed by atoms with Crippen LogP contribution in [0.5, 0.6) is 0 Å². The standard InChI is InChI=1S/C13H16N2O/c1-10-6-7-13(16-10)9-15(2)12-5-3-4-11(14)8-12/h3-8H,9,14H2,1-2H3. The lowest BCUT2D eigenvalue weighted by Crippen LogP contribution is -2.15. The summed E-state index contributed by atoms with van der Waals surface area (Å²) in [6.07, 6.45) is 0. The third-order valence-electron chi connectivity index (χ3n) is 2.50. The van der Waals surface area contributed by atoms with E-state index in [1.165, 1.54) is 0 Å². The summed E-state index contributed by atoms with van der Waals surface area (Å²) in [5.74, 6) is 1.90. The predicted octanol–water partition coefficient (Wildman–Crippen LogP) is 2.81. The normalized spacial score (nSPS) is 10.4. The van der Waals surface area contributed by atoms with Crippen molar-refractivity contribution in [3.05, 3.63) is 47.9 Å². The summed E-state index contributed by atoms with van der Waals surface area (Å²) in [4.78, 5) is 2.11. The lowest BCUT2D eigenvalue weighted by molar-refractivity contribution is 0.482. The first kappa shape index (κ1) is 10.6. The third kappa shape index (κ3) is 2.37. The monoisotopic (exact) mass is 216 g/mol. The van der Waals surface area contributed by atoms with Crippen LogP contribution in [0.3, 0.4) is 0 Å². The first-order valence-electron chi connectivity index (χ1n) is 5.27. The summed E-state index contributed by atoms with van der Waals surface area (Å²) in [5.41, 5.74) is 7.61. The average Bonchev–Trinajstić information content (AvgIpc) is 2.64. The molecule has 0 amide bonds. The van der Waals surface area contributed by atoms with Crippen LogP contribution >= 0.6 is 0 Å². The number of hydrogen-bond donors (Lipinski definition) is 1. The number of aryl methyl sites for hydroxylation is 1. The van der Waals surface area contributed by atoms with Gasteiger partial charge in [-0.25, -0.2) is 0 Å². The number of nitrogens with zero attached hydrogens (tertiary/aromatic N) is 1. The fraction of sp³-hybridized carbons (Fsp3) is 0.231. The van der Waals surface area contributed by atoms with E-state index in [9.17, 15) is 0 Å². The van der Waals surface area contributed by atoms with Crippen LogP contribution in [0.15, 0.2) is 40.8 Å². The second kappa shape index (κ2) is 4.31. The van der Waals surface area contributed by atoms with Crippen LogP contribution < -0.4 is 10.6 Å². The Kier molecular flexibility index (Phi) is 2.86. The Morgan fingerprint density at radius 3 is 2.69 bits per heavy atom. The van der Waals surface area contributed by atoms with Gasteiger partial charge in [-0.05, 0) is 37.3 Å². The molecule has 0 spiro atoms. The molecule has 0 unspecified atom stereocenters. The molecule has 0 saturated carbocycles. The minimum atomic E-state index is 0.747. The largest absolute Gasteiger partial charge is 0.464 e. The van der Waals surface area contributed by atoms with Crippen molar-refractivity contribution in [2.75, 3.05) is 17.7 Å². The summed E-state index contributed by atoms with van der Waals surface area (Å²) in [6, 6.07) is 11.8. The lowest BCUT2D eigenvalue weighted by atomic mass is 10.2. The van der Waals surface area contributed by atoms with E-state index < -0.39 is 0 Å². The molecule has 0 saturated heterocycles. The van der Waals surface area contributed by atoms with E-state index >= 15 is 0 Å².